The molecule has 0 aliphatic rings. The molecule has 98 valence electrons. The first-order chi connectivity index (χ1) is 8.66. The summed E-state index contributed by atoms with van der Waals surface area (Å²) in [4.78, 5) is 21.9. The van der Waals surface area contributed by atoms with Crippen LogP contribution in [0.5, 0.6) is 0 Å². The fraction of sp³-hybridized carbons (Fsp3) is 0.0769. The van der Waals surface area contributed by atoms with E-state index in [1.54, 1.807) is 17.0 Å². The molecular weight excluding hydrogens is 312 g/mol. The average Bonchev–Trinajstić information content (AvgIpc) is 2.40. The molecule has 0 radical (unpaired) electrons. The summed E-state index contributed by atoms with van der Waals surface area (Å²) < 4.78 is 1.75. The number of carbonyl (C=O) groups excluding carboxylic acids is 1. The summed E-state index contributed by atoms with van der Waals surface area (Å²) in [6.45, 7) is 0.221. The Morgan fingerprint density at radius 1 is 1.11 bits per heavy atom. The van der Waals surface area contributed by atoms with Gasteiger partial charge in [0.15, 0.2) is 12.4 Å². The number of aromatic nitrogens is 1. The second-order valence-corrected chi connectivity index (χ2v) is 3.77. The third kappa shape index (κ3) is 3.96. The van der Waals surface area contributed by atoms with Crippen molar-refractivity contribution < 1.29 is 31.3 Å². The summed E-state index contributed by atoms with van der Waals surface area (Å²) in [5.41, 5.74) is 0.455. The van der Waals surface area contributed by atoms with Gasteiger partial charge in [-0.1, -0.05) is 6.07 Å². The van der Waals surface area contributed by atoms with Crippen LogP contribution in [0.4, 0.5) is 5.69 Å². The average molecular weight is 323 g/mol. The number of nitro benzene ring substituents is 1. The van der Waals surface area contributed by atoms with Gasteiger partial charge in [0.1, 0.15) is 0 Å². The van der Waals surface area contributed by atoms with Crippen molar-refractivity contribution in [3.8, 4) is 0 Å². The Bertz CT molecular complexity index is 570. The SMILES string of the molecule is O=C(C[n+]1ccccc1)c1ccc([N+](=O)[O-])cc1.[Br-]. The van der Waals surface area contributed by atoms with Crippen molar-refractivity contribution >= 4 is 11.5 Å². The number of nitrogens with zero attached hydrogens (tertiary/aromatic N) is 2. The Morgan fingerprint density at radius 2 is 1.68 bits per heavy atom. The van der Waals surface area contributed by atoms with Crippen LogP contribution in [-0.4, -0.2) is 10.7 Å². The predicted molar refractivity (Wildman–Crippen MR) is 64.1 cm³/mol. The Kier molecular flexibility index (Phi) is 5.32. The van der Waals surface area contributed by atoms with Crippen LogP contribution < -0.4 is 21.5 Å². The molecule has 0 saturated heterocycles. The number of nitro groups is 1. The standard InChI is InChI=1S/C13H11N2O3.BrH/c16-13(10-14-8-2-1-3-9-14)11-4-6-12(7-5-11)15(17)18;/h1-9H,10H2;1H/q+1;/p-1. The lowest BCUT2D eigenvalue weighted by molar-refractivity contribution is -0.683. The molecule has 0 unspecified atom stereocenters. The molecule has 0 fully saturated rings. The molecule has 0 N–H and O–H groups in total. The molecule has 2 aromatic rings. The van der Waals surface area contributed by atoms with Crippen LogP contribution in [0.1, 0.15) is 10.4 Å². The van der Waals surface area contributed by atoms with Gasteiger partial charge in [0.05, 0.1) is 4.92 Å². The zero-order chi connectivity index (χ0) is 13.0. The van der Waals surface area contributed by atoms with Gasteiger partial charge in [-0.15, -0.1) is 0 Å². The smallest absolute Gasteiger partial charge is 0.269 e. The van der Waals surface area contributed by atoms with Crippen molar-refractivity contribution in [3.63, 3.8) is 0 Å². The fourth-order valence-electron chi connectivity index (χ4n) is 1.57. The number of benzene rings is 1. The van der Waals surface area contributed by atoms with Crippen LogP contribution in [-0.2, 0) is 6.54 Å². The summed E-state index contributed by atoms with van der Waals surface area (Å²) in [5, 5.41) is 10.5. The number of rotatable bonds is 4. The second-order valence-electron chi connectivity index (χ2n) is 3.77. The van der Waals surface area contributed by atoms with Gasteiger partial charge in [-0.3, -0.25) is 14.9 Å². The minimum Gasteiger partial charge on any atom is -1.00 e. The maximum atomic E-state index is 11.9. The van der Waals surface area contributed by atoms with E-state index in [0.29, 0.717) is 5.56 Å². The van der Waals surface area contributed by atoms with Crippen molar-refractivity contribution in [2.24, 2.45) is 0 Å². The summed E-state index contributed by atoms with van der Waals surface area (Å²) in [5.74, 6) is -0.0823. The third-order valence-electron chi connectivity index (χ3n) is 2.50. The molecule has 6 heteroatoms. The quantitative estimate of drug-likeness (QED) is 0.306. The Hall–Kier alpha value is -2.08. The normalized spacial score (nSPS) is 9.47. The van der Waals surface area contributed by atoms with Crippen LogP contribution in [0.15, 0.2) is 54.9 Å². The highest BCUT2D eigenvalue weighted by atomic mass is 79.9. The Balaban J connectivity index is 0.00000180. The summed E-state index contributed by atoms with van der Waals surface area (Å²) >= 11 is 0. The number of hydrogen-bond acceptors (Lipinski definition) is 3. The Morgan fingerprint density at radius 3 is 2.21 bits per heavy atom. The van der Waals surface area contributed by atoms with E-state index < -0.39 is 4.92 Å². The van der Waals surface area contributed by atoms with E-state index in [9.17, 15) is 14.9 Å². The fourth-order valence-corrected chi connectivity index (χ4v) is 1.57. The number of hydrogen-bond donors (Lipinski definition) is 0. The van der Waals surface area contributed by atoms with Crippen molar-refractivity contribution in [1.82, 2.24) is 0 Å². The van der Waals surface area contributed by atoms with Gasteiger partial charge >= 0.3 is 0 Å². The van der Waals surface area contributed by atoms with Gasteiger partial charge in [0.25, 0.3) is 5.69 Å². The summed E-state index contributed by atoms with van der Waals surface area (Å²) in [6, 6.07) is 11.2. The largest absolute Gasteiger partial charge is 1.00 e. The number of halogens is 1. The molecule has 0 atom stereocenters. The lowest BCUT2D eigenvalue weighted by Gasteiger charge is -1.98. The first-order valence-corrected chi connectivity index (χ1v) is 5.38. The molecule has 5 nitrogen and oxygen atoms in total. The molecule has 1 aromatic carbocycles. The summed E-state index contributed by atoms with van der Waals surface area (Å²) in [6.07, 6.45) is 3.59. The van der Waals surface area contributed by atoms with E-state index in [1.807, 2.05) is 18.2 Å². The van der Waals surface area contributed by atoms with Crippen molar-refractivity contribution in [2.45, 2.75) is 6.54 Å². The van der Waals surface area contributed by atoms with Crippen LogP contribution in [0.25, 0.3) is 0 Å². The highest BCUT2D eigenvalue weighted by Crippen LogP contribution is 2.12. The lowest BCUT2D eigenvalue weighted by Crippen LogP contribution is -3.00. The number of carbonyl (C=O) groups is 1. The lowest BCUT2D eigenvalue weighted by atomic mass is 10.1. The highest BCUT2D eigenvalue weighted by molar-refractivity contribution is 5.95. The van der Waals surface area contributed by atoms with E-state index >= 15 is 0 Å². The van der Waals surface area contributed by atoms with Crippen molar-refractivity contribution in [1.29, 1.82) is 0 Å². The summed E-state index contributed by atoms with van der Waals surface area (Å²) in [7, 11) is 0. The van der Waals surface area contributed by atoms with Gasteiger partial charge in [-0.25, -0.2) is 0 Å². The molecule has 0 amide bonds. The second kappa shape index (κ2) is 6.75. The van der Waals surface area contributed by atoms with Gasteiger partial charge in [0, 0.05) is 29.8 Å². The molecule has 0 aliphatic heterocycles. The van der Waals surface area contributed by atoms with E-state index in [2.05, 4.69) is 0 Å². The molecule has 2 rings (SSSR count). The maximum absolute atomic E-state index is 11.9. The van der Waals surface area contributed by atoms with E-state index in [0.717, 1.165) is 0 Å². The first kappa shape index (κ1) is 15.0. The minimum atomic E-state index is -0.486. The highest BCUT2D eigenvalue weighted by Gasteiger charge is 2.13. The monoisotopic (exact) mass is 322 g/mol. The molecule has 0 saturated carbocycles. The van der Waals surface area contributed by atoms with E-state index in [-0.39, 0.29) is 35.0 Å². The van der Waals surface area contributed by atoms with E-state index in [1.165, 1.54) is 24.3 Å². The number of non-ortho nitro benzene ring substituents is 1. The van der Waals surface area contributed by atoms with Gasteiger partial charge in [-0.05, 0) is 12.1 Å². The Labute approximate surface area is 120 Å². The first-order valence-electron chi connectivity index (χ1n) is 5.38. The molecule has 0 aliphatic carbocycles. The predicted octanol–water partition coefficient (Wildman–Crippen LogP) is -1.23. The van der Waals surface area contributed by atoms with Crippen molar-refractivity contribution in [3.05, 3.63) is 70.5 Å². The van der Waals surface area contributed by atoms with Crippen LogP contribution in [0.2, 0.25) is 0 Å². The molecule has 1 aromatic heterocycles. The number of Topliss-reactive ketones (excluding diaryl/α,β-unsaturated/α-hetero) is 1. The molecule has 19 heavy (non-hydrogen) atoms. The minimum absolute atomic E-state index is 0. The van der Waals surface area contributed by atoms with Crippen molar-refractivity contribution in [2.75, 3.05) is 0 Å². The maximum Gasteiger partial charge on any atom is 0.269 e. The topological polar surface area (TPSA) is 64.1 Å². The van der Waals surface area contributed by atoms with E-state index in [4.69, 9.17) is 0 Å². The number of ketones is 1. The zero-order valence-corrected chi connectivity index (χ0v) is 11.5. The van der Waals surface area contributed by atoms with Crippen LogP contribution in [0, 0.1) is 10.1 Å². The number of pyridine rings is 1. The van der Waals surface area contributed by atoms with Gasteiger partial charge in [-0.2, -0.15) is 4.57 Å². The molecule has 1 heterocycles. The van der Waals surface area contributed by atoms with Gasteiger partial charge in [0.2, 0.25) is 12.3 Å². The van der Waals surface area contributed by atoms with Gasteiger partial charge < -0.3 is 17.0 Å². The molecule has 0 bridgehead atoms. The molecular formula is C13H11BrN2O3. The third-order valence-corrected chi connectivity index (χ3v) is 2.50. The van der Waals surface area contributed by atoms with Crippen LogP contribution >= 0.6 is 0 Å². The molecule has 0 spiro atoms. The zero-order valence-electron chi connectivity index (χ0n) is 9.90. The van der Waals surface area contributed by atoms with Crippen LogP contribution in [0.3, 0.4) is 0 Å².